The quantitative estimate of drug-likeness (QED) is 0.617. The zero-order chi connectivity index (χ0) is 12.3. The highest BCUT2D eigenvalue weighted by atomic mass is 32.1. The second-order valence-corrected chi connectivity index (χ2v) is 6.39. The fraction of sp³-hybridized carbons (Fsp3) is 0.929. The van der Waals surface area contributed by atoms with Crippen LogP contribution in [0.4, 0.5) is 0 Å². The summed E-state index contributed by atoms with van der Waals surface area (Å²) in [5.74, 6) is 2.21. The second-order valence-electron chi connectivity index (χ2n) is 5.94. The van der Waals surface area contributed by atoms with Crippen molar-refractivity contribution in [3.63, 3.8) is 0 Å². The zero-order valence-electron chi connectivity index (χ0n) is 10.8. The minimum absolute atomic E-state index is 0.0724. The van der Waals surface area contributed by atoms with E-state index in [-0.39, 0.29) is 11.6 Å². The van der Waals surface area contributed by atoms with E-state index in [9.17, 15) is 4.79 Å². The summed E-state index contributed by atoms with van der Waals surface area (Å²) in [5, 5.41) is 0. The molecule has 2 aliphatic rings. The molecule has 17 heavy (non-hydrogen) atoms. The largest absolute Gasteiger partial charge is 0.459 e. The average Bonchev–Trinajstić information content (AvgIpc) is 2.28. The number of esters is 1. The molecule has 98 valence electrons. The van der Waals surface area contributed by atoms with Crippen molar-refractivity contribution in [2.45, 2.75) is 63.9 Å². The van der Waals surface area contributed by atoms with Gasteiger partial charge in [0.15, 0.2) is 0 Å². The Balaban J connectivity index is 1.90. The lowest BCUT2D eigenvalue weighted by molar-refractivity contribution is -0.164. The lowest BCUT2D eigenvalue weighted by Gasteiger charge is -2.44. The standard InChI is InChI=1S/C14H24O2S/c1-14(16-13(15)7-9-17)8-6-11-4-2-3-5-12(11)10-14/h11-12,17H,2-10H2,1H3. The normalized spacial score (nSPS) is 37.3. The highest BCUT2D eigenvalue weighted by Gasteiger charge is 2.40. The summed E-state index contributed by atoms with van der Waals surface area (Å²) in [6, 6.07) is 0. The molecule has 0 heterocycles. The van der Waals surface area contributed by atoms with Crippen LogP contribution >= 0.6 is 12.6 Å². The van der Waals surface area contributed by atoms with E-state index in [0.29, 0.717) is 12.2 Å². The van der Waals surface area contributed by atoms with Crippen LogP contribution in [0.1, 0.15) is 58.3 Å². The van der Waals surface area contributed by atoms with Crippen LogP contribution in [-0.4, -0.2) is 17.3 Å². The minimum Gasteiger partial charge on any atom is -0.459 e. The molecule has 0 amide bonds. The maximum atomic E-state index is 11.6. The van der Waals surface area contributed by atoms with E-state index in [4.69, 9.17) is 4.74 Å². The van der Waals surface area contributed by atoms with Crippen molar-refractivity contribution >= 4 is 18.6 Å². The molecule has 0 bridgehead atoms. The molecule has 0 aromatic carbocycles. The van der Waals surface area contributed by atoms with Crippen LogP contribution in [0, 0.1) is 11.8 Å². The van der Waals surface area contributed by atoms with Crippen molar-refractivity contribution in [2.24, 2.45) is 11.8 Å². The summed E-state index contributed by atoms with van der Waals surface area (Å²) in [4.78, 5) is 11.6. The van der Waals surface area contributed by atoms with E-state index in [0.717, 1.165) is 24.7 Å². The van der Waals surface area contributed by atoms with Crippen LogP contribution in [0.25, 0.3) is 0 Å². The van der Waals surface area contributed by atoms with Crippen molar-refractivity contribution < 1.29 is 9.53 Å². The van der Waals surface area contributed by atoms with Crippen LogP contribution < -0.4 is 0 Å². The van der Waals surface area contributed by atoms with Crippen LogP contribution in [0.3, 0.4) is 0 Å². The molecule has 0 aliphatic heterocycles. The predicted octanol–water partition coefficient (Wildman–Crippen LogP) is 3.60. The Hall–Kier alpha value is -0.180. The van der Waals surface area contributed by atoms with Gasteiger partial charge >= 0.3 is 5.97 Å². The molecule has 0 saturated heterocycles. The molecular formula is C14H24O2S. The molecule has 3 atom stereocenters. The summed E-state index contributed by atoms with van der Waals surface area (Å²) in [6.07, 6.45) is 9.30. The Labute approximate surface area is 110 Å². The third-order valence-corrected chi connectivity index (χ3v) is 4.70. The third-order valence-electron chi connectivity index (χ3n) is 4.48. The molecule has 0 aromatic rings. The smallest absolute Gasteiger partial charge is 0.307 e. The fourth-order valence-corrected chi connectivity index (χ4v) is 3.77. The number of ether oxygens (including phenoxy) is 1. The molecule has 0 radical (unpaired) electrons. The first-order valence-corrected chi connectivity index (χ1v) is 7.59. The van der Waals surface area contributed by atoms with E-state index < -0.39 is 0 Å². The summed E-state index contributed by atoms with van der Waals surface area (Å²) in [5.41, 5.74) is -0.196. The lowest BCUT2D eigenvalue weighted by atomic mass is 9.66. The topological polar surface area (TPSA) is 26.3 Å². The first-order valence-electron chi connectivity index (χ1n) is 6.96. The lowest BCUT2D eigenvalue weighted by Crippen LogP contribution is -2.41. The van der Waals surface area contributed by atoms with Crippen molar-refractivity contribution in [3.05, 3.63) is 0 Å². The molecule has 2 aliphatic carbocycles. The number of rotatable bonds is 3. The van der Waals surface area contributed by atoms with Gasteiger partial charge in [0.1, 0.15) is 5.60 Å². The second kappa shape index (κ2) is 5.64. The Bertz CT molecular complexity index is 279. The SMILES string of the molecule is CC1(OC(=O)CCS)CCC2CCCCC2C1. The van der Waals surface area contributed by atoms with Gasteiger partial charge in [-0.2, -0.15) is 12.6 Å². The van der Waals surface area contributed by atoms with E-state index in [2.05, 4.69) is 19.6 Å². The molecule has 0 spiro atoms. The van der Waals surface area contributed by atoms with E-state index in [1.807, 2.05) is 0 Å². The highest BCUT2D eigenvalue weighted by Crippen LogP contribution is 2.45. The number of hydrogen-bond donors (Lipinski definition) is 1. The maximum Gasteiger partial charge on any atom is 0.307 e. The summed E-state index contributed by atoms with van der Waals surface area (Å²) < 4.78 is 5.68. The van der Waals surface area contributed by atoms with E-state index >= 15 is 0 Å². The van der Waals surface area contributed by atoms with E-state index in [1.54, 1.807) is 0 Å². The Morgan fingerprint density at radius 3 is 2.71 bits per heavy atom. The van der Waals surface area contributed by atoms with Gasteiger partial charge in [0.05, 0.1) is 6.42 Å². The van der Waals surface area contributed by atoms with Gasteiger partial charge in [-0.3, -0.25) is 4.79 Å². The summed E-state index contributed by atoms with van der Waals surface area (Å²) >= 11 is 4.08. The molecule has 3 heteroatoms. The first-order chi connectivity index (χ1) is 8.13. The monoisotopic (exact) mass is 256 g/mol. The van der Waals surface area contributed by atoms with Crippen LogP contribution in [-0.2, 0) is 9.53 Å². The molecule has 3 unspecified atom stereocenters. The molecule has 0 aromatic heterocycles. The van der Waals surface area contributed by atoms with Gasteiger partial charge in [-0.1, -0.05) is 25.7 Å². The highest BCUT2D eigenvalue weighted by molar-refractivity contribution is 7.80. The number of carbonyl (C=O) groups is 1. The van der Waals surface area contributed by atoms with Crippen molar-refractivity contribution in [1.82, 2.24) is 0 Å². The number of thiol groups is 1. The van der Waals surface area contributed by atoms with Crippen molar-refractivity contribution in [2.75, 3.05) is 5.75 Å². The van der Waals surface area contributed by atoms with Gasteiger partial charge in [0.25, 0.3) is 0 Å². The third kappa shape index (κ3) is 3.40. The number of hydrogen-bond acceptors (Lipinski definition) is 3. The predicted molar refractivity (Wildman–Crippen MR) is 72.3 cm³/mol. The Morgan fingerprint density at radius 2 is 2.00 bits per heavy atom. The molecule has 2 nitrogen and oxygen atoms in total. The molecule has 2 rings (SSSR count). The van der Waals surface area contributed by atoms with E-state index in [1.165, 1.54) is 32.1 Å². The van der Waals surface area contributed by atoms with Gasteiger partial charge in [-0.05, 0) is 38.0 Å². The van der Waals surface area contributed by atoms with Gasteiger partial charge in [0, 0.05) is 5.75 Å². The average molecular weight is 256 g/mol. The van der Waals surface area contributed by atoms with Crippen molar-refractivity contribution in [3.8, 4) is 0 Å². The zero-order valence-corrected chi connectivity index (χ0v) is 11.7. The maximum absolute atomic E-state index is 11.6. The van der Waals surface area contributed by atoms with Gasteiger partial charge in [-0.15, -0.1) is 0 Å². The molecule has 0 N–H and O–H groups in total. The van der Waals surface area contributed by atoms with Gasteiger partial charge in [-0.25, -0.2) is 0 Å². The fourth-order valence-electron chi connectivity index (χ4n) is 3.59. The molecule has 2 fully saturated rings. The van der Waals surface area contributed by atoms with Crippen molar-refractivity contribution in [1.29, 1.82) is 0 Å². The Morgan fingerprint density at radius 1 is 1.29 bits per heavy atom. The summed E-state index contributed by atoms with van der Waals surface area (Å²) in [6.45, 7) is 2.12. The van der Waals surface area contributed by atoms with Crippen LogP contribution in [0.15, 0.2) is 0 Å². The van der Waals surface area contributed by atoms with Gasteiger partial charge < -0.3 is 4.74 Å². The first kappa shape index (κ1) is 13.3. The number of carbonyl (C=O) groups excluding carboxylic acids is 1. The minimum atomic E-state index is -0.196. The van der Waals surface area contributed by atoms with Gasteiger partial charge in [0.2, 0.25) is 0 Å². The Kier molecular flexibility index (Phi) is 4.40. The summed E-state index contributed by atoms with van der Waals surface area (Å²) in [7, 11) is 0. The molecule has 2 saturated carbocycles. The molecular weight excluding hydrogens is 232 g/mol. The van der Waals surface area contributed by atoms with Crippen LogP contribution in [0.5, 0.6) is 0 Å². The number of fused-ring (bicyclic) bond motifs is 1. The van der Waals surface area contributed by atoms with Crippen LogP contribution in [0.2, 0.25) is 0 Å².